The van der Waals surface area contributed by atoms with Crippen LogP contribution in [0.3, 0.4) is 0 Å². The zero-order chi connectivity index (χ0) is 10.6. The van der Waals surface area contributed by atoms with E-state index in [1.54, 1.807) is 18.2 Å². The number of nitrogens with one attached hydrogen (secondary N) is 1. The molecule has 0 aliphatic carbocycles. The molecular weight excluding hydrogens is 290 g/mol. The second kappa shape index (κ2) is 5.11. The number of sulfonamides is 1. The number of hydrogen-bond acceptors (Lipinski definition) is 2. The molecule has 1 aromatic carbocycles. The molecule has 0 saturated heterocycles. The number of hydrogen-bond donors (Lipinski definition) is 1. The molecule has 78 valence electrons. The molecule has 0 saturated carbocycles. The van der Waals surface area contributed by atoms with Crippen LogP contribution in [0.2, 0.25) is 0 Å². The van der Waals surface area contributed by atoms with Crippen LogP contribution in [0.1, 0.15) is 0 Å². The maximum absolute atomic E-state index is 11.6. The first-order valence-electron chi connectivity index (χ1n) is 3.88. The molecule has 0 atom stereocenters. The van der Waals surface area contributed by atoms with E-state index in [0.717, 1.165) is 0 Å². The van der Waals surface area contributed by atoms with E-state index in [-0.39, 0.29) is 17.3 Å². The van der Waals surface area contributed by atoms with E-state index < -0.39 is 10.0 Å². The molecule has 0 heterocycles. The third-order valence-electron chi connectivity index (χ3n) is 1.51. The smallest absolute Gasteiger partial charge is 0.210 e. The molecule has 0 radical (unpaired) electrons. The van der Waals surface area contributed by atoms with Crippen LogP contribution in [0.5, 0.6) is 0 Å². The van der Waals surface area contributed by atoms with Crippen molar-refractivity contribution in [2.75, 3.05) is 12.4 Å². The number of alkyl halides is 1. The van der Waals surface area contributed by atoms with Gasteiger partial charge in [-0.1, -0.05) is 12.1 Å². The minimum Gasteiger partial charge on any atom is -0.210 e. The number of rotatable bonds is 4. The summed E-state index contributed by atoms with van der Waals surface area (Å²) < 4.78 is 26.1. The van der Waals surface area contributed by atoms with E-state index in [1.165, 1.54) is 6.07 Å². The highest BCUT2D eigenvalue weighted by Crippen LogP contribution is 2.20. The van der Waals surface area contributed by atoms with E-state index in [9.17, 15) is 8.42 Å². The van der Waals surface area contributed by atoms with Gasteiger partial charge in [-0.3, -0.25) is 0 Å². The maximum atomic E-state index is 11.6. The van der Waals surface area contributed by atoms with Crippen LogP contribution >= 0.6 is 27.5 Å². The van der Waals surface area contributed by atoms with E-state index in [1.807, 2.05) is 0 Å². The summed E-state index contributed by atoms with van der Waals surface area (Å²) >= 11 is 8.57. The van der Waals surface area contributed by atoms with Gasteiger partial charge < -0.3 is 0 Å². The van der Waals surface area contributed by atoms with Crippen LogP contribution < -0.4 is 4.72 Å². The SMILES string of the molecule is O=S(=O)(NCCCl)c1ccccc1Br. The lowest BCUT2D eigenvalue weighted by Crippen LogP contribution is -2.25. The second-order valence-corrected chi connectivity index (χ2v) is 5.48. The van der Waals surface area contributed by atoms with Gasteiger partial charge in [0, 0.05) is 16.9 Å². The van der Waals surface area contributed by atoms with Crippen LogP contribution in [0.25, 0.3) is 0 Å². The van der Waals surface area contributed by atoms with Gasteiger partial charge in [0.05, 0.1) is 4.90 Å². The van der Waals surface area contributed by atoms with Gasteiger partial charge in [-0.2, -0.15) is 0 Å². The van der Waals surface area contributed by atoms with Gasteiger partial charge in [0.2, 0.25) is 10.0 Å². The fraction of sp³-hybridized carbons (Fsp3) is 0.250. The third kappa shape index (κ3) is 2.95. The molecule has 0 bridgehead atoms. The van der Waals surface area contributed by atoms with Crippen molar-refractivity contribution in [2.45, 2.75) is 4.90 Å². The normalized spacial score (nSPS) is 11.6. The summed E-state index contributed by atoms with van der Waals surface area (Å²) in [5, 5.41) is 0. The van der Waals surface area contributed by atoms with Crippen molar-refractivity contribution < 1.29 is 8.42 Å². The molecule has 0 fully saturated rings. The van der Waals surface area contributed by atoms with Crippen molar-refractivity contribution in [1.29, 1.82) is 0 Å². The Bertz CT molecular complexity index is 408. The summed E-state index contributed by atoms with van der Waals surface area (Å²) in [6.07, 6.45) is 0. The molecule has 14 heavy (non-hydrogen) atoms. The summed E-state index contributed by atoms with van der Waals surface area (Å²) in [5.74, 6) is 0.254. The van der Waals surface area contributed by atoms with Crippen molar-refractivity contribution in [3.8, 4) is 0 Å². The van der Waals surface area contributed by atoms with Gasteiger partial charge >= 0.3 is 0 Å². The highest BCUT2D eigenvalue weighted by atomic mass is 79.9. The van der Waals surface area contributed by atoms with Gasteiger partial charge in [-0.05, 0) is 28.1 Å². The number of benzene rings is 1. The van der Waals surface area contributed by atoms with Crippen molar-refractivity contribution in [1.82, 2.24) is 4.72 Å². The average Bonchev–Trinajstić information content (AvgIpc) is 2.15. The predicted octanol–water partition coefficient (Wildman–Crippen LogP) is 1.97. The zero-order valence-corrected chi connectivity index (χ0v) is 10.4. The van der Waals surface area contributed by atoms with Crippen LogP contribution in [0.4, 0.5) is 0 Å². The first kappa shape index (κ1) is 12.0. The first-order chi connectivity index (χ1) is 6.58. The summed E-state index contributed by atoms with van der Waals surface area (Å²) in [7, 11) is -3.43. The Balaban J connectivity index is 2.99. The first-order valence-corrected chi connectivity index (χ1v) is 6.69. The van der Waals surface area contributed by atoms with Crippen molar-refractivity contribution >= 4 is 37.6 Å². The fourth-order valence-corrected chi connectivity index (χ4v) is 3.15. The Kier molecular flexibility index (Phi) is 4.37. The Hall–Kier alpha value is -0.100. The summed E-state index contributed by atoms with van der Waals surface area (Å²) in [4.78, 5) is 0.227. The topological polar surface area (TPSA) is 46.2 Å². The Morgan fingerprint density at radius 3 is 2.57 bits per heavy atom. The van der Waals surface area contributed by atoms with Gasteiger partial charge in [-0.15, -0.1) is 11.6 Å². The molecule has 6 heteroatoms. The highest BCUT2D eigenvalue weighted by Gasteiger charge is 2.15. The molecule has 3 nitrogen and oxygen atoms in total. The molecule has 0 aliphatic heterocycles. The Morgan fingerprint density at radius 1 is 1.36 bits per heavy atom. The fourth-order valence-electron chi connectivity index (χ4n) is 0.913. The van der Waals surface area contributed by atoms with E-state index in [4.69, 9.17) is 11.6 Å². The number of halogens is 2. The second-order valence-electron chi connectivity index (χ2n) is 2.52. The molecule has 0 amide bonds. The van der Waals surface area contributed by atoms with Gasteiger partial charge in [0.25, 0.3) is 0 Å². The molecule has 1 rings (SSSR count). The maximum Gasteiger partial charge on any atom is 0.241 e. The molecule has 1 N–H and O–H groups in total. The van der Waals surface area contributed by atoms with Crippen LogP contribution in [0.15, 0.2) is 33.6 Å². The van der Waals surface area contributed by atoms with Crippen molar-refractivity contribution in [2.24, 2.45) is 0 Å². The van der Waals surface area contributed by atoms with Crippen LogP contribution in [-0.4, -0.2) is 20.8 Å². The summed E-state index contributed by atoms with van der Waals surface area (Å²) in [6, 6.07) is 6.63. The molecule has 0 aliphatic rings. The molecule has 0 unspecified atom stereocenters. The highest BCUT2D eigenvalue weighted by molar-refractivity contribution is 9.10. The lowest BCUT2D eigenvalue weighted by molar-refractivity contribution is 0.583. The van der Waals surface area contributed by atoms with Crippen LogP contribution in [0, 0.1) is 0 Å². The van der Waals surface area contributed by atoms with E-state index in [0.29, 0.717) is 4.47 Å². The van der Waals surface area contributed by atoms with Gasteiger partial charge in [-0.25, -0.2) is 13.1 Å². The zero-order valence-electron chi connectivity index (χ0n) is 7.20. The average molecular weight is 299 g/mol. The van der Waals surface area contributed by atoms with Gasteiger partial charge in [0.1, 0.15) is 0 Å². The standard InChI is InChI=1S/C8H9BrClNO2S/c9-7-3-1-2-4-8(7)14(12,13)11-6-5-10/h1-4,11H,5-6H2. The molecule has 1 aromatic rings. The van der Waals surface area contributed by atoms with Crippen molar-refractivity contribution in [3.63, 3.8) is 0 Å². The summed E-state index contributed by atoms with van der Waals surface area (Å²) in [6.45, 7) is 0.227. The predicted molar refractivity (Wildman–Crippen MR) is 60.1 cm³/mol. The molecule has 0 spiro atoms. The largest absolute Gasteiger partial charge is 0.241 e. The molecule has 0 aromatic heterocycles. The van der Waals surface area contributed by atoms with Crippen LogP contribution in [-0.2, 0) is 10.0 Å². The minimum atomic E-state index is -3.43. The monoisotopic (exact) mass is 297 g/mol. The van der Waals surface area contributed by atoms with E-state index in [2.05, 4.69) is 20.7 Å². The Morgan fingerprint density at radius 2 is 2.00 bits per heavy atom. The lowest BCUT2D eigenvalue weighted by Gasteiger charge is -2.06. The third-order valence-corrected chi connectivity index (χ3v) is 4.17. The molecular formula is C8H9BrClNO2S. The minimum absolute atomic E-state index is 0.227. The Labute approximate surface area is 96.6 Å². The lowest BCUT2D eigenvalue weighted by atomic mass is 10.4. The summed E-state index contributed by atoms with van der Waals surface area (Å²) in [5.41, 5.74) is 0. The van der Waals surface area contributed by atoms with Gasteiger partial charge in [0.15, 0.2) is 0 Å². The quantitative estimate of drug-likeness (QED) is 0.864. The van der Waals surface area contributed by atoms with Crippen molar-refractivity contribution in [3.05, 3.63) is 28.7 Å². The van der Waals surface area contributed by atoms with E-state index >= 15 is 0 Å².